The molecule has 5 heteroatoms. The van der Waals surface area contributed by atoms with Crippen molar-refractivity contribution in [1.82, 2.24) is 0 Å². The van der Waals surface area contributed by atoms with Crippen LogP contribution in [-0.4, -0.2) is 23.7 Å². The summed E-state index contributed by atoms with van der Waals surface area (Å²) in [7, 11) is 0. The number of aliphatic carboxylic acids is 1. The summed E-state index contributed by atoms with van der Waals surface area (Å²) in [5.41, 5.74) is 7.15. The van der Waals surface area contributed by atoms with Crippen molar-refractivity contribution in [2.75, 3.05) is 11.9 Å². The highest BCUT2D eigenvalue weighted by Crippen LogP contribution is 2.34. The second-order valence-corrected chi connectivity index (χ2v) is 3.99. The minimum atomic E-state index is -1.02. The Kier molecular flexibility index (Phi) is 2.78. The molecule has 16 heavy (non-hydrogen) atoms. The zero-order valence-corrected chi connectivity index (χ0v) is 8.61. The van der Waals surface area contributed by atoms with Crippen molar-refractivity contribution in [1.29, 1.82) is 0 Å². The molecule has 1 aromatic carbocycles. The number of hydrogen-bond donors (Lipinski definition) is 3. The van der Waals surface area contributed by atoms with E-state index in [2.05, 4.69) is 5.32 Å². The minimum Gasteiger partial charge on any atom is -0.480 e. The number of rotatable bonds is 3. The second-order valence-electron chi connectivity index (χ2n) is 3.99. The third-order valence-corrected chi connectivity index (χ3v) is 2.85. The Morgan fingerprint density at radius 3 is 3.12 bits per heavy atom. The molecule has 0 spiro atoms. The van der Waals surface area contributed by atoms with E-state index in [0.29, 0.717) is 13.0 Å². The average Bonchev–Trinajstić information content (AvgIpc) is 2.61. The van der Waals surface area contributed by atoms with E-state index in [1.807, 2.05) is 0 Å². The van der Waals surface area contributed by atoms with E-state index >= 15 is 0 Å². The highest BCUT2D eigenvalue weighted by molar-refractivity contribution is 5.73. The maximum absolute atomic E-state index is 13.1. The molecule has 86 valence electrons. The van der Waals surface area contributed by atoms with Crippen molar-refractivity contribution in [3.05, 3.63) is 29.6 Å². The second kappa shape index (κ2) is 4.09. The van der Waals surface area contributed by atoms with Crippen LogP contribution in [0.2, 0.25) is 0 Å². The monoisotopic (exact) mass is 224 g/mol. The number of carboxylic acid groups (broad SMARTS) is 1. The molecule has 1 aliphatic rings. The fraction of sp³-hybridized carbons (Fsp3) is 0.364. The number of anilines is 1. The summed E-state index contributed by atoms with van der Waals surface area (Å²) in [5.74, 6) is -1.36. The van der Waals surface area contributed by atoms with Crippen LogP contribution in [0.15, 0.2) is 18.2 Å². The maximum Gasteiger partial charge on any atom is 0.320 e. The van der Waals surface area contributed by atoms with Gasteiger partial charge in [-0.1, -0.05) is 0 Å². The number of nitrogens with two attached hydrogens (primary N) is 1. The fourth-order valence-corrected chi connectivity index (χ4v) is 1.99. The molecule has 0 aliphatic carbocycles. The molecule has 2 rings (SSSR count). The van der Waals surface area contributed by atoms with E-state index in [-0.39, 0.29) is 11.7 Å². The lowest BCUT2D eigenvalue weighted by Crippen LogP contribution is -2.32. The molecule has 1 unspecified atom stereocenters. The van der Waals surface area contributed by atoms with Crippen molar-refractivity contribution in [3.8, 4) is 0 Å². The van der Waals surface area contributed by atoms with Gasteiger partial charge in [-0.05, 0) is 30.2 Å². The largest absolute Gasteiger partial charge is 0.480 e. The molecule has 0 saturated carbocycles. The third kappa shape index (κ3) is 1.99. The van der Waals surface area contributed by atoms with Crippen molar-refractivity contribution in [3.63, 3.8) is 0 Å². The predicted octanol–water partition coefficient (Wildman–Crippen LogP) is 1.14. The molecule has 0 saturated heterocycles. The summed E-state index contributed by atoms with van der Waals surface area (Å²) < 4.78 is 13.1. The molecule has 4 N–H and O–H groups in total. The van der Waals surface area contributed by atoms with E-state index in [4.69, 9.17) is 10.8 Å². The molecule has 4 nitrogen and oxygen atoms in total. The first-order valence-corrected chi connectivity index (χ1v) is 5.09. The Morgan fingerprint density at radius 2 is 2.44 bits per heavy atom. The number of fused-ring (bicyclic) bond motifs is 1. The van der Waals surface area contributed by atoms with Crippen LogP contribution < -0.4 is 11.1 Å². The van der Waals surface area contributed by atoms with E-state index in [9.17, 15) is 9.18 Å². The van der Waals surface area contributed by atoms with Crippen LogP contribution in [0.3, 0.4) is 0 Å². The van der Waals surface area contributed by atoms with E-state index in [1.54, 1.807) is 6.07 Å². The molecule has 2 atom stereocenters. The number of carbonyl (C=O) groups is 1. The lowest BCUT2D eigenvalue weighted by atomic mass is 9.94. The van der Waals surface area contributed by atoms with Gasteiger partial charge in [0.2, 0.25) is 0 Å². The topological polar surface area (TPSA) is 75.3 Å². The van der Waals surface area contributed by atoms with Crippen molar-refractivity contribution in [2.45, 2.75) is 18.4 Å². The summed E-state index contributed by atoms with van der Waals surface area (Å²) in [6.45, 7) is 0.611. The van der Waals surface area contributed by atoms with Gasteiger partial charge in [-0.3, -0.25) is 4.79 Å². The molecular formula is C11H13FN2O2. The molecule has 1 aliphatic heterocycles. The van der Waals surface area contributed by atoms with Gasteiger partial charge in [0.1, 0.15) is 11.9 Å². The number of carboxylic acids is 1. The summed E-state index contributed by atoms with van der Waals surface area (Å²) in [6, 6.07) is 3.58. The van der Waals surface area contributed by atoms with Gasteiger partial charge in [0.05, 0.1) is 0 Å². The molecule has 0 fully saturated rings. The van der Waals surface area contributed by atoms with Crippen LogP contribution >= 0.6 is 0 Å². The van der Waals surface area contributed by atoms with E-state index in [0.717, 1.165) is 11.3 Å². The van der Waals surface area contributed by atoms with Crippen LogP contribution in [0.5, 0.6) is 0 Å². The van der Waals surface area contributed by atoms with Gasteiger partial charge < -0.3 is 16.2 Å². The number of hydrogen-bond acceptors (Lipinski definition) is 3. The first kappa shape index (κ1) is 10.9. The Balaban J connectivity index is 2.17. The van der Waals surface area contributed by atoms with Gasteiger partial charge >= 0.3 is 5.97 Å². The Labute approximate surface area is 92.3 Å². The minimum absolute atomic E-state index is 0.0307. The Hall–Kier alpha value is -1.62. The Morgan fingerprint density at radius 1 is 1.69 bits per heavy atom. The zero-order chi connectivity index (χ0) is 11.7. The zero-order valence-electron chi connectivity index (χ0n) is 8.61. The van der Waals surface area contributed by atoms with Crippen LogP contribution in [0.1, 0.15) is 17.9 Å². The predicted molar refractivity (Wildman–Crippen MR) is 57.9 cm³/mol. The van der Waals surface area contributed by atoms with Gasteiger partial charge in [-0.2, -0.15) is 0 Å². The van der Waals surface area contributed by atoms with E-state index in [1.165, 1.54) is 12.1 Å². The summed E-state index contributed by atoms with van der Waals surface area (Å²) in [4.78, 5) is 10.6. The van der Waals surface area contributed by atoms with Crippen molar-refractivity contribution < 1.29 is 14.3 Å². The SMILES string of the molecule is N[C@@H](CC1CNc2ccc(F)cc21)C(=O)O. The van der Waals surface area contributed by atoms with Crippen molar-refractivity contribution >= 4 is 11.7 Å². The van der Waals surface area contributed by atoms with Gasteiger partial charge in [-0.15, -0.1) is 0 Å². The molecular weight excluding hydrogens is 211 g/mol. The van der Waals surface area contributed by atoms with Crippen LogP contribution in [-0.2, 0) is 4.79 Å². The average molecular weight is 224 g/mol. The van der Waals surface area contributed by atoms with Crippen LogP contribution in [0, 0.1) is 5.82 Å². The molecule has 0 amide bonds. The summed E-state index contributed by atoms with van der Waals surface area (Å²) >= 11 is 0. The standard InChI is InChI=1S/C11H13FN2O2/c12-7-1-2-10-8(4-7)6(5-14-10)3-9(13)11(15)16/h1-2,4,6,9,14H,3,5,13H2,(H,15,16)/t6?,9-/m0/s1. The summed E-state index contributed by atoms with van der Waals surface area (Å²) in [5, 5.41) is 11.8. The van der Waals surface area contributed by atoms with Crippen molar-refractivity contribution in [2.24, 2.45) is 5.73 Å². The highest BCUT2D eigenvalue weighted by Gasteiger charge is 2.26. The van der Waals surface area contributed by atoms with Crippen LogP contribution in [0.4, 0.5) is 10.1 Å². The molecule has 0 bridgehead atoms. The number of nitrogens with one attached hydrogen (secondary N) is 1. The number of halogens is 1. The smallest absolute Gasteiger partial charge is 0.320 e. The molecule has 1 heterocycles. The quantitative estimate of drug-likeness (QED) is 0.719. The van der Waals surface area contributed by atoms with Gasteiger partial charge in [0, 0.05) is 18.2 Å². The first-order chi connectivity index (χ1) is 7.58. The highest BCUT2D eigenvalue weighted by atomic mass is 19.1. The van der Waals surface area contributed by atoms with Gasteiger partial charge in [-0.25, -0.2) is 4.39 Å². The number of benzene rings is 1. The normalized spacial score (nSPS) is 20.0. The Bertz CT molecular complexity index is 422. The van der Waals surface area contributed by atoms with Crippen LogP contribution in [0.25, 0.3) is 0 Å². The fourth-order valence-electron chi connectivity index (χ4n) is 1.99. The summed E-state index contributed by atoms with van der Waals surface area (Å²) in [6.07, 6.45) is 0.318. The molecule has 0 aromatic heterocycles. The molecule has 1 aromatic rings. The van der Waals surface area contributed by atoms with Gasteiger partial charge in [0.15, 0.2) is 0 Å². The van der Waals surface area contributed by atoms with E-state index < -0.39 is 12.0 Å². The first-order valence-electron chi connectivity index (χ1n) is 5.09. The maximum atomic E-state index is 13.1. The van der Waals surface area contributed by atoms with Gasteiger partial charge in [0.25, 0.3) is 0 Å². The molecule has 0 radical (unpaired) electrons. The third-order valence-electron chi connectivity index (χ3n) is 2.85. The lowest BCUT2D eigenvalue weighted by molar-refractivity contribution is -0.138. The lowest BCUT2D eigenvalue weighted by Gasteiger charge is -2.13.